The first kappa shape index (κ1) is 16.1. The molecule has 1 unspecified atom stereocenters. The van der Waals surface area contributed by atoms with Crippen LogP contribution < -0.4 is 5.32 Å². The third-order valence-corrected chi connectivity index (χ3v) is 4.30. The molecule has 0 radical (unpaired) electrons. The normalized spacial score (nSPS) is 12.3. The Hall–Kier alpha value is -1.74. The highest BCUT2D eigenvalue weighted by Crippen LogP contribution is 2.31. The van der Waals surface area contributed by atoms with Gasteiger partial charge in [0.15, 0.2) is 0 Å². The summed E-state index contributed by atoms with van der Waals surface area (Å²) in [5.74, 6) is 1.58. The Morgan fingerprint density at radius 2 is 1.78 bits per heavy atom. The average Bonchev–Trinajstić information content (AvgIpc) is 3.04. The third kappa shape index (κ3) is 3.97. The van der Waals surface area contributed by atoms with Gasteiger partial charge in [0, 0.05) is 16.6 Å². The molecule has 0 aliphatic carbocycles. The molecule has 0 amide bonds. The molecule has 0 saturated carbocycles. The number of rotatable bonds is 5. The third-order valence-electron chi connectivity index (χ3n) is 3.74. The van der Waals surface area contributed by atoms with Crippen LogP contribution in [0.4, 0.5) is 0 Å². The van der Waals surface area contributed by atoms with Crippen molar-refractivity contribution in [3.63, 3.8) is 0 Å². The molecule has 1 aromatic heterocycles. The van der Waals surface area contributed by atoms with E-state index in [2.05, 4.69) is 24.4 Å². The molecule has 3 aromatic rings. The maximum atomic E-state index is 6.21. The highest BCUT2D eigenvalue weighted by atomic mass is 35.5. The molecular weight excluding hydrogens is 329 g/mol. The van der Waals surface area contributed by atoms with Crippen LogP contribution in [0.5, 0.6) is 0 Å². The first-order chi connectivity index (χ1) is 11.1. The number of furan rings is 1. The topological polar surface area (TPSA) is 25.2 Å². The standard InChI is InChI=1S/C19H17Cl2NO/c1-13(14-5-3-2-4-6-14)22-12-16-8-10-19(23-16)17-11-15(20)7-9-18(17)21/h2-11,13,22H,12H2,1H3. The fraction of sp³-hybridized carbons (Fsp3) is 0.158. The van der Waals surface area contributed by atoms with Gasteiger partial charge in [0.1, 0.15) is 11.5 Å². The van der Waals surface area contributed by atoms with Gasteiger partial charge >= 0.3 is 0 Å². The van der Waals surface area contributed by atoms with Crippen molar-refractivity contribution in [3.05, 3.63) is 82.0 Å². The quantitative estimate of drug-likeness (QED) is 0.603. The molecule has 0 saturated heterocycles. The first-order valence-electron chi connectivity index (χ1n) is 7.46. The lowest BCUT2D eigenvalue weighted by atomic mass is 10.1. The van der Waals surface area contributed by atoms with E-state index >= 15 is 0 Å². The highest BCUT2D eigenvalue weighted by Gasteiger charge is 2.10. The van der Waals surface area contributed by atoms with Crippen LogP contribution in [0, 0.1) is 0 Å². The summed E-state index contributed by atoms with van der Waals surface area (Å²) >= 11 is 12.2. The molecule has 3 rings (SSSR count). The van der Waals surface area contributed by atoms with Crippen LogP contribution in [-0.2, 0) is 6.54 Å². The molecule has 0 spiro atoms. The van der Waals surface area contributed by atoms with Crippen LogP contribution >= 0.6 is 23.2 Å². The van der Waals surface area contributed by atoms with Gasteiger partial charge in [0.05, 0.1) is 11.6 Å². The van der Waals surface area contributed by atoms with Crippen molar-refractivity contribution in [3.8, 4) is 11.3 Å². The van der Waals surface area contributed by atoms with Crippen molar-refractivity contribution in [1.29, 1.82) is 0 Å². The van der Waals surface area contributed by atoms with E-state index in [1.807, 2.05) is 36.4 Å². The van der Waals surface area contributed by atoms with Crippen LogP contribution in [0.1, 0.15) is 24.3 Å². The van der Waals surface area contributed by atoms with Gasteiger partial charge in [-0.1, -0.05) is 53.5 Å². The molecule has 0 aliphatic rings. The SMILES string of the molecule is CC(NCc1ccc(-c2cc(Cl)ccc2Cl)o1)c1ccccc1. The Labute approximate surface area is 146 Å². The predicted molar refractivity (Wildman–Crippen MR) is 95.9 cm³/mol. The lowest BCUT2D eigenvalue weighted by molar-refractivity contribution is 0.468. The van der Waals surface area contributed by atoms with Gasteiger partial charge in [-0.25, -0.2) is 0 Å². The van der Waals surface area contributed by atoms with Crippen LogP contribution in [0.2, 0.25) is 10.0 Å². The molecule has 1 N–H and O–H groups in total. The predicted octanol–water partition coefficient (Wildman–Crippen LogP) is 6.10. The fourth-order valence-electron chi connectivity index (χ4n) is 2.42. The van der Waals surface area contributed by atoms with E-state index in [0.29, 0.717) is 16.6 Å². The summed E-state index contributed by atoms with van der Waals surface area (Å²) in [6.45, 7) is 2.78. The molecular formula is C19H17Cl2NO. The van der Waals surface area contributed by atoms with Crippen LogP contribution in [0.25, 0.3) is 11.3 Å². The van der Waals surface area contributed by atoms with Crippen LogP contribution in [0.15, 0.2) is 65.1 Å². The monoisotopic (exact) mass is 345 g/mol. The summed E-state index contributed by atoms with van der Waals surface area (Å²) in [4.78, 5) is 0. The largest absolute Gasteiger partial charge is 0.460 e. The van der Waals surface area contributed by atoms with E-state index in [-0.39, 0.29) is 6.04 Å². The van der Waals surface area contributed by atoms with E-state index in [1.54, 1.807) is 12.1 Å². The number of hydrogen-bond acceptors (Lipinski definition) is 2. The Morgan fingerprint density at radius 3 is 2.57 bits per heavy atom. The van der Waals surface area contributed by atoms with Gasteiger partial charge < -0.3 is 9.73 Å². The van der Waals surface area contributed by atoms with Gasteiger partial charge in [-0.2, -0.15) is 0 Å². The lowest BCUT2D eigenvalue weighted by Crippen LogP contribution is -2.17. The molecule has 0 aliphatic heterocycles. The summed E-state index contributed by atoms with van der Waals surface area (Å²) in [6.07, 6.45) is 0. The van der Waals surface area contributed by atoms with Gasteiger partial charge in [-0.05, 0) is 42.8 Å². The van der Waals surface area contributed by atoms with Crippen LogP contribution in [0.3, 0.4) is 0 Å². The van der Waals surface area contributed by atoms with Gasteiger partial charge in [0.25, 0.3) is 0 Å². The highest BCUT2D eigenvalue weighted by molar-refractivity contribution is 6.35. The minimum atomic E-state index is 0.250. The van der Waals surface area contributed by atoms with E-state index in [4.69, 9.17) is 27.6 Å². The Bertz CT molecular complexity index is 783. The molecule has 2 aromatic carbocycles. The molecule has 1 atom stereocenters. The number of nitrogens with one attached hydrogen (secondary N) is 1. The number of halogens is 2. The summed E-state index contributed by atoms with van der Waals surface area (Å²) < 4.78 is 5.89. The Balaban J connectivity index is 1.69. The molecule has 0 bridgehead atoms. The maximum Gasteiger partial charge on any atom is 0.135 e. The van der Waals surface area contributed by atoms with Crippen molar-refractivity contribution in [2.75, 3.05) is 0 Å². The zero-order valence-electron chi connectivity index (χ0n) is 12.7. The van der Waals surface area contributed by atoms with Gasteiger partial charge in [-0.15, -0.1) is 0 Å². The van der Waals surface area contributed by atoms with E-state index in [9.17, 15) is 0 Å². The molecule has 118 valence electrons. The minimum Gasteiger partial charge on any atom is -0.460 e. The second-order valence-corrected chi connectivity index (χ2v) is 6.25. The van der Waals surface area contributed by atoms with Crippen molar-refractivity contribution in [2.24, 2.45) is 0 Å². The number of hydrogen-bond donors (Lipinski definition) is 1. The molecule has 2 nitrogen and oxygen atoms in total. The van der Waals surface area contributed by atoms with E-state index < -0.39 is 0 Å². The second kappa shape index (κ2) is 7.22. The van der Waals surface area contributed by atoms with E-state index in [0.717, 1.165) is 17.1 Å². The zero-order valence-corrected chi connectivity index (χ0v) is 14.2. The number of benzene rings is 2. The Kier molecular flexibility index (Phi) is 5.06. The lowest BCUT2D eigenvalue weighted by Gasteiger charge is -2.13. The van der Waals surface area contributed by atoms with Crippen molar-refractivity contribution in [2.45, 2.75) is 19.5 Å². The fourth-order valence-corrected chi connectivity index (χ4v) is 2.80. The summed E-state index contributed by atoms with van der Waals surface area (Å²) in [6, 6.07) is 19.8. The smallest absolute Gasteiger partial charge is 0.135 e. The zero-order chi connectivity index (χ0) is 16.2. The van der Waals surface area contributed by atoms with Crippen molar-refractivity contribution >= 4 is 23.2 Å². The van der Waals surface area contributed by atoms with Gasteiger partial charge in [-0.3, -0.25) is 0 Å². The molecule has 23 heavy (non-hydrogen) atoms. The Morgan fingerprint density at radius 1 is 1.00 bits per heavy atom. The summed E-state index contributed by atoms with van der Waals surface area (Å²) in [7, 11) is 0. The van der Waals surface area contributed by atoms with Crippen molar-refractivity contribution in [1.82, 2.24) is 5.32 Å². The second-order valence-electron chi connectivity index (χ2n) is 5.40. The molecule has 0 fully saturated rings. The molecule has 1 heterocycles. The summed E-state index contributed by atoms with van der Waals surface area (Å²) in [5.41, 5.74) is 2.05. The average molecular weight is 346 g/mol. The maximum absolute atomic E-state index is 6.21. The van der Waals surface area contributed by atoms with Crippen LogP contribution in [-0.4, -0.2) is 0 Å². The summed E-state index contributed by atoms with van der Waals surface area (Å²) in [5, 5.41) is 4.72. The minimum absolute atomic E-state index is 0.250. The first-order valence-corrected chi connectivity index (χ1v) is 8.21. The van der Waals surface area contributed by atoms with E-state index in [1.165, 1.54) is 5.56 Å². The van der Waals surface area contributed by atoms with Gasteiger partial charge in [0.2, 0.25) is 0 Å². The molecule has 4 heteroatoms. The van der Waals surface area contributed by atoms with Crippen molar-refractivity contribution < 1.29 is 4.42 Å².